The third kappa shape index (κ3) is 2.36. The summed E-state index contributed by atoms with van der Waals surface area (Å²) < 4.78 is 1.91. The maximum Gasteiger partial charge on any atom is 0.237 e. The van der Waals surface area contributed by atoms with Gasteiger partial charge in [0.25, 0.3) is 0 Å². The topological polar surface area (TPSA) is 59.0 Å². The van der Waals surface area contributed by atoms with Crippen molar-refractivity contribution in [2.45, 2.75) is 25.4 Å². The molecule has 0 aliphatic carbocycles. The first-order valence-electron chi connectivity index (χ1n) is 5.24. The SMILES string of the molecule is Cn1ccnc1CNC(=O)[C@@H]1CCCN1. The van der Waals surface area contributed by atoms with Crippen LogP contribution >= 0.6 is 0 Å². The number of aryl methyl sites for hydroxylation is 1. The maximum absolute atomic E-state index is 11.6. The van der Waals surface area contributed by atoms with E-state index in [0.717, 1.165) is 25.2 Å². The molecule has 5 heteroatoms. The quantitative estimate of drug-likeness (QED) is 0.722. The van der Waals surface area contributed by atoms with Crippen LogP contribution in [0.25, 0.3) is 0 Å². The monoisotopic (exact) mass is 208 g/mol. The second kappa shape index (κ2) is 4.44. The number of carbonyl (C=O) groups excluding carboxylic acids is 1. The fourth-order valence-electron chi connectivity index (χ4n) is 1.76. The van der Waals surface area contributed by atoms with Gasteiger partial charge in [-0.1, -0.05) is 0 Å². The largest absolute Gasteiger partial charge is 0.348 e. The molecule has 0 unspecified atom stereocenters. The van der Waals surface area contributed by atoms with Gasteiger partial charge in [-0.05, 0) is 19.4 Å². The highest BCUT2D eigenvalue weighted by Crippen LogP contribution is 2.04. The van der Waals surface area contributed by atoms with E-state index in [1.807, 2.05) is 17.8 Å². The van der Waals surface area contributed by atoms with Gasteiger partial charge in [0.05, 0.1) is 12.6 Å². The van der Waals surface area contributed by atoms with Crippen LogP contribution in [0.2, 0.25) is 0 Å². The third-order valence-electron chi connectivity index (χ3n) is 2.72. The first-order valence-corrected chi connectivity index (χ1v) is 5.24. The number of hydrogen-bond donors (Lipinski definition) is 2. The number of nitrogens with one attached hydrogen (secondary N) is 2. The minimum Gasteiger partial charge on any atom is -0.348 e. The summed E-state index contributed by atoms with van der Waals surface area (Å²) in [6.45, 7) is 1.45. The van der Waals surface area contributed by atoms with Crippen molar-refractivity contribution in [1.82, 2.24) is 20.2 Å². The summed E-state index contributed by atoms with van der Waals surface area (Å²) in [6, 6.07) is -0.00901. The molecule has 0 aromatic carbocycles. The summed E-state index contributed by atoms with van der Waals surface area (Å²) in [5, 5.41) is 6.04. The van der Waals surface area contributed by atoms with Crippen LogP contribution in [0.3, 0.4) is 0 Å². The molecule has 1 fully saturated rings. The van der Waals surface area contributed by atoms with Gasteiger partial charge < -0.3 is 15.2 Å². The Hall–Kier alpha value is -1.36. The Morgan fingerprint density at radius 3 is 3.27 bits per heavy atom. The van der Waals surface area contributed by atoms with Crippen molar-refractivity contribution in [3.63, 3.8) is 0 Å². The average molecular weight is 208 g/mol. The van der Waals surface area contributed by atoms with Gasteiger partial charge in [0.15, 0.2) is 0 Å². The van der Waals surface area contributed by atoms with Gasteiger partial charge in [0, 0.05) is 19.4 Å². The van der Waals surface area contributed by atoms with E-state index in [2.05, 4.69) is 15.6 Å². The van der Waals surface area contributed by atoms with Gasteiger partial charge in [-0.15, -0.1) is 0 Å². The van der Waals surface area contributed by atoms with Crippen molar-refractivity contribution in [1.29, 1.82) is 0 Å². The number of aromatic nitrogens is 2. The lowest BCUT2D eigenvalue weighted by molar-refractivity contribution is -0.123. The Bertz CT molecular complexity index is 341. The molecule has 0 bridgehead atoms. The van der Waals surface area contributed by atoms with Crippen molar-refractivity contribution in [3.05, 3.63) is 18.2 Å². The van der Waals surface area contributed by atoms with Gasteiger partial charge >= 0.3 is 0 Å². The van der Waals surface area contributed by atoms with E-state index in [9.17, 15) is 4.79 Å². The molecule has 1 aliphatic heterocycles. The number of rotatable bonds is 3. The first-order chi connectivity index (χ1) is 7.27. The number of amides is 1. The molecule has 15 heavy (non-hydrogen) atoms. The highest BCUT2D eigenvalue weighted by Gasteiger charge is 2.21. The minimum atomic E-state index is -0.00901. The molecular weight excluding hydrogens is 192 g/mol. The standard InChI is InChI=1S/C10H16N4O/c1-14-6-5-12-9(14)7-13-10(15)8-3-2-4-11-8/h5-6,8,11H,2-4,7H2,1H3,(H,13,15)/t8-/m0/s1. The molecule has 5 nitrogen and oxygen atoms in total. The Balaban J connectivity index is 1.83. The molecule has 1 saturated heterocycles. The van der Waals surface area contributed by atoms with Crippen molar-refractivity contribution in [3.8, 4) is 0 Å². The lowest BCUT2D eigenvalue weighted by Gasteiger charge is -2.10. The van der Waals surface area contributed by atoms with Crippen LogP contribution in [0.5, 0.6) is 0 Å². The fourth-order valence-corrected chi connectivity index (χ4v) is 1.76. The lowest BCUT2D eigenvalue weighted by atomic mass is 10.2. The summed E-state index contributed by atoms with van der Waals surface area (Å²) in [5.74, 6) is 0.955. The zero-order valence-electron chi connectivity index (χ0n) is 8.86. The summed E-state index contributed by atoms with van der Waals surface area (Å²) in [5.41, 5.74) is 0. The second-order valence-corrected chi connectivity index (χ2v) is 3.82. The molecule has 0 spiro atoms. The zero-order valence-corrected chi connectivity index (χ0v) is 8.86. The van der Waals surface area contributed by atoms with Crippen molar-refractivity contribution < 1.29 is 4.79 Å². The molecule has 0 saturated carbocycles. The van der Waals surface area contributed by atoms with Crippen LogP contribution in [0, 0.1) is 0 Å². The van der Waals surface area contributed by atoms with Crippen molar-refractivity contribution in [2.75, 3.05) is 6.54 Å². The van der Waals surface area contributed by atoms with E-state index in [1.165, 1.54) is 0 Å². The minimum absolute atomic E-state index is 0.00901. The molecule has 0 radical (unpaired) electrons. The molecule has 2 heterocycles. The van der Waals surface area contributed by atoms with Crippen LogP contribution in [-0.4, -0.2) is 28.0 Å². The second-order valence-electron chi connectivity index (χ2n) is 3.82. The zero-order chi connectivity index (χ0) is 10.7. The van der Waals surface area contributed by atoms with E-state index in [4.69, 9.17) is 0 Å². The van der Waals surface area contributed by atoms with Crippen molar-refractivity contribution >= 4 is 5.91 Å². The summed E-state index contributed by atoms with van der Waals surface area (Å²) >= 11 is 0. The van der Waals surface area contributed by atoms with Crippen molar-refractivity contribution in [2.24, 2.45) is 7.05 Å². The fraction of sp³-hybridized carbons (Fsp3) is 0.600. The highest BCUT2D eigenvalue weighted by atomic mass is 16.2. The molecule has 1 aliphatic rings. The van der Waals surface area contributed by atoms with Gasteiger partial charge in [0.2, 0.25) is 5.91 Å². The predicted octanol–water partition coefficient (Wildman–Crippen LogP) is -0.212. The van der Waals surface area contributed by atoms with E-state index in [0.29, 0.717) is 6.54 Å². The average Bonchev–Trinajstić information content (AvgIpc) is 2.85. The Morgan fingerprint density at radius 2 is 2.67 bits per heavy atom. The smallest absolute Gasteiger partial charge is 0.237 e. The molecule has 82 valence electrons. The van der Waals surface area contributed by atoms with E-state index in [-0.39, 0.29) is 11.9 Å². The number of hydrogen-bond acceptors (Lipinski definition) is 3. The van der Waals surface area contributed by atoms with Gasteiger partial charge in [-0.25, -0.2) is 4.98 Å². The van der Waals surface area contributed by atoms with Gasteiger partial charge in [0.1, 0.15) is 5.82 Å². The molecule has 1 amide bonds. The van der Waals surface area contributed by atoms with Crippen LogP contribution < -0.4 is 10.6 Å². The number of imidazole rings is 1. The van der Waals surface area contributed by atoms with Gasteiger partial charge in [-0.3, -0.25) is 4.79 Å². The molecule has 1 atom stereocenters. The molecule has 1 aromatic heterocycles. The summed E-state index contributed by atoms with van der Waals surface area (Å²) in [6.07, 6.45) is 5.62. The Labute approximate surface area is 88.9 Å². The number of carbonyl (C=O) groups is 1. The normalized spacial score (nSPS) is 20.5. The van der Waals surface area contributed by atoms with Crippen LogP contribution in [0.4, 0.5) is 0 Å². The highest BCUT2D eigenvalue weighted by molar-refractivity contribution is 5.81. The Morgan fingerprint density at radius 1 is 1.80 bits per heavy atom. The van der Waals surface area contributed by atoms with E-state index in [1.54, 1.807) is 6.20 Å². The third-order valence-corrected chi connectivity index (χ3v) is 2.72. The summed E-state index contributed by atoms with van der Waals surface area (Å²) in [4.78, 5) is 15.8. The van der Waals surface area contributed by atoms with E-state index >= 15 is 0 Å². The molecular formula is C10H16N4O. The number of nitrogens with zero attached hydrogens (tertiary/aromatic N) is 2. The van der Waals surface area contributed by atoms with Gasteiger partial charge in [-0.2, -0.15) is 0 Å². The van der Waals surface area contributed by atoms with Crippen LogP contribution in [-0.2, 0) is 18.4 Å². The van der Waals surface area contributed by atoms with Crippen LogP contribution in [0.1, 0.15) is 18.7 Å². The first kappa shape index (κ1) is 10.2. The predicted molar refractivity (Wildman–Crippen MR) is 56.1 cm³/mol. The molecule has 1 aromatic rings. The molecule has 2 N–H and O–H groups in total. The van der Waals surface area contributed by atoms with Crippen LogP contribution in [0.15, 0.2) is 12.4 Å². The Kier molecular flexibility index (Phi) is 3.01. The lowest BCUT2D eigenvalue weighted by Crippen LogP contribution is -2.40. The maximum atomic E-state index is 11.6. The van der Waals surface area contributed by atoms with E-state index < -0.39 is 0 Å². The summed E-state index contributed by atoms with van der Waals surface area (Å²) in [7, 11) is 1.92. The molecule has 2 rings (SSSR count).